The van der Waals surface area contributed by atoms with E-state index in [1.54, 1.807) is 48.5 Å². The molecule has 0 radical (unpaired) electrons. The molecule has 0 heterocycles. The van der Waals surface area contributed by atoms with Crippen molar-refractivity contribution in [1.29, 1.82) is 0 Å². The van der Waals surface area contributed by atoms with Crippen LogP contribution >= 0.6 is 11.6 Å². The third-order valence-electron chi connectivity index (χ3n) is 7.28. The normalized spacial score (nSPS) is 14.5. The lowest BCUT2D eigenvalue weighted by atomic mass is 10.0. The molecule has 1 atom stereocenters. The zero-order chi connectivity index (χ0) is 29.4. The van der Waals surface area contributed by atoms with Crippen LogP contribution in [0, 0.1) is 0 Å². The highest BCUT2D eigenvalue weighted by molar-refractivity contribution is 7.90. The van der Waals surface area contributed by atoms with Crippen LogP contribution in [0.2, 0.25) is 5.02 Å². The molecule has 3 aromatic rings. The van der Waals surface area contributed by atoms with Crippen molar-refractivity contribution in [3.8, 4) is 0 Å². The minimum atomic E-state index is -4.03. The standard InChI is InChI=1S/C31H37ClN4O4S/c1-34(2)41(39,40)36(28-18-7-4-8-19-28)23-30(37)35(22-25-14-11-15-26(32)20-25)29(21-24-12-5-3-6-13-24)31(38)33-27-16-9-10-17-27/h3-8,11-15,18-20,27,29H,9-10,16-17,21-23H2,1-2H3,(H,33,38). The number of halogens is 1. The zero-order valence-electron chi connectivity index (χ0n) is 23.4. The van der Waals surface area contributed by atoms with Crippen LogP contribution in [0.3, 0.4) is 0 Å². The van der Waals surface area contributed by atoms with E-state index in [0.29, 0.717) is 10.7 Å². The Morgan fingerprint density at radius 3 is 2.12 bits per heavy atom. The quantitative estimate of drug-likeness (QED) is 0.330. The van der Waals surface area contributed by atoms with Gasteiger partial charge in [0, 0.05) is 38.1 Å². The molecule has 8 nitrogen and oxygen atoms in total. The van der Waals surface area contributed by atoms with Crippen LogP contribution in [0.25, 0.3) is 0 Å². The summed E-state index contributed by atoms with van der Waals surface area (Å²) >= 11 is 6.28. The Hall–Kier alpha value is -3.40. The molecule has 0 spiro atoms. The maximum Gasteiger partial charge on any atom is 0.304 e. The van der Waals surface area contributed by atoms with Crippen LogP contribution in [-0.2, 0) is 32.8 Å². The van der Waals surface area contributed by atoms with Gasteiger partial charge in [0.15, 0.2) is 0 Å². The van der Waals surface area contributed by atoms with Crippen molar-refractivity contribution < 1.29 is 18.0 Å². The second-order valence-corrected chi connectivity index (χ2v) is 13.0. The first kappa shape index (κ1) is 30.6. The van der Waals surface area contributed by atoms with Gasteiger partial charge >= 0.3 is 10.2 Å². The van der Waals surface area contributed by atoms with E-state index in [4.69, 9.17) is 11.6 Å². The molecule has 4 rings (SSSR count). The van der Waals surface area contributed by atoms with E-state index in [1.165, 1.54) is 19.0 Å². The van der Waals surface area contributed by atoms with E-state index >= 15 is 0 Å². The number of amides is 2. The van der Waals surface area contributed by atoms with Crippen molar-refractivity contribution >= 4 is 39.3 Å². The van der Waals surface area contributed by atoms with Gasteiger partial charge in [-0.25, -0.2) is 4.31 Å². The van der Waals surface area contributed by atoms with Gasteiger partial charge < -0.3 is 10.2 Å². The number of rotatable bonds is 12. The fraction of sp³-hybridized carbons (Fsp3) is 0.355. The van der Waals surface area contributed by atoms with E-state index in [1.807, 2.05) is 36.4 Å². The Labute approximate surface area is 248 Å². The lowest BCUT2D eigenvalue weighted by molar-refractivity contribution is -0.140. The van der Waals surface area contributed by atoms with Gasteiger partial charge in [-0.15, -0.1) is 0 Å². The Morgan fingerprint density at radius 1 is 0.902 bits per heavy atom. The lowest BCUT2D eigenvalue weighted by Crippen LogP contribution is -2.55. The summed E-state index contributed by atoms with van der Waals surface area (Å²) in [4.78, 5) is 29.6. The summed E-state index contributed by atoms with van der Waals surface area (Å²) in [6, 6.07) is 24.3. The monoisotopic (exact) mass is 596 g/mol. The van der Waals surface area contributed by atoms with Crippen LogP contribution in [-0.4, -0.2) is 62.2 Å². The highest BCUT2D eigenvalue weighted by Crippen LogP contribution is 2.23. The van der Waals surface area contributed by atoms with Crippen molar-refractivity contribution in [3.05, 3.63) is 101 Å². The molecule has 1 unspecified atom stereocenters. The van der Waals surface area contributed by atoms with Crippen LogP contribution in [0.1, 0.15) is 36.8 Å². The average Bonchev–Trinajstić information content (AvgIpc) is 3.47. The maximum atomic E-state index is 14.2. The van der Waals surface area contributed by atoms with Crippen LogP contribution in [0.15, 0.2) is 84.9 Å². The molecule has 0 saturated heterocycles. The molecule has 1 saturated carbocycles. The number of hydrogen-bond acceptors (Lipinski definition) is 4. The molecule has 10 heteroatoms. The molecule has 0 aromatic heterocycles. The minimum absolute atomic E-state index is 0.0545. The average molecular weight is 597 g/mol. The summed E-state index contributed by atoms with van der Waals surface area (Å²) in [5.41, 5.74) is 1.98. The number of nitrogens with one attached hydrogen (secondary N) is 1. The summed E-state index contributed by atoms with van der Waals surface area (Å²) in [6.45, 7) is -0.396. The van der Waals surface area contributed by atoms with Gasteiger partial charge in [-0.2, -0.15) is 12.7 Å². The Bertz CT molecular complexity index is 1410. The fourth-order valence-electron chi connectivity index (χ4n) is 5.06. The van der Waals surface area contributed by atoms with Gasteiger partial charge in [-0.3, -0.25) is 9.59 Å². The molecule has 1 aliphatic carbocycles. The fourth-order valence-corrected chi connectivity index (χ4v) is 6.33. The van der Waals surface area contributed by atoms with Crippen molar-refractivity contribution in [1.82, 2.24) is 14.5 Å². The summed E-state index contributed by atoms with van der Waals surface area (Å²) in [5, 5.41) is 3.67. The number of carbonyl (C=O) groups is 2. The molecule has 41 heavy (non-hydrogen) atoms. The molecule has 2 amide bonds. The number of hydrogen-bond donors (Lipinski definition) is 1. The summed E-state index contributed by atoms with van der Waals surface area (Å²) < 4.78 is 29.0. The predicted molar refractivity (Wildman–Crippen MR) is 163 cm³/mol. The molecular formula is C31H37ClN4O4S. The predicted octanol–water partition coefficient (Wildman–Crippen LogP) is 4.65. The van der Waals surface area contributed by atoms with Gasteiger partial charge in [0.2, 0.25) is 11.8 Å². The minimum Gasteiger partial charge on any atom is -0.352 e. The first-order valence-electron chi connectivity index (χ1n) is 13.8. The Balaban J connectivity index is 1.74. The second-order valence-electron chi connectivity index (χ2n) is 10.5. The summed E-state index contributed by atoms with van der Waals surface area (Å²) in [5.74, 6) is -0.750. The van der Waals surface area contributed by atoms with Gasteiger partial charge in [-0.05, 0) is 48.2 Å². The first-order chi connectivity index (χ1) is 19.6. The molecule has 218 valence electrons. The highest BCUT2D eigenvalue weighted by atomic mass is 35.5. The molecule has 1 aliphatic rings. The van der Waals surface area contributed by atoms with Gasteiger partial charge in [0.05, 0.1) is 5.69 Å². The second kappa shape index (κ2) is 14.0. The maximum absolute atomic E-state index is 14.2. The molecular weight excluding hydrogens is 560 g/mol. The Morgan fingerprint density at radius 2 is 1.51 bits per heavy atom. The number of benzene rings is 3. The topological polar surface area (TPSA) is 90.0 Å². The zero-order valence-corrected chi connectivity index (χ0v) is 25.0. The number of carbonyl (C=O) groups excluding carboxylic acids is 2. The van der Waals surface area contributed by atoms with Crippen LogP contribution in [0.5, 0.6) is 0 Å². The summed E-state index contributed by atoms with van der Waals surface area (Å²) in [7, 11) is -1.18. The lowest BCUT2D eigenvalue weighted by Gasteiger charge is -2.35. The van der Waals surface area contributed by atoms with E-state index < -0.39 is 28.7 Å². The number of anilines is 1. The smallest absolute Gasteiger partial charge is 0.304 e. The van der Waals surface area contributed by atoms with Crippen LogP contribution in [0.4, 0.5) is 5.69 Å². The van der Waals surface area contributed by atoms with E-state index in [2.05, 4.69) is 5.32 Å². The largest absolute Gasteiger partial charge is 0.352 e. The van der Waals surface area contributed by atoms with Gasteiger partial charge in [0.1, 0.15) is 12.6 Å². The molecule has 1 fully saturated rings. The first-order valence-corrected chi connectivity index (χ1v) is 15.6. The van der Waals surface area contributed by atoms with Gasteiger partial charge in [0.25, 0.3) is 0 Å². The molecule has 0 aliphatic heterocycles. The molecule has 1 N–H and O–H groups in total. The van der Waals surface area contributed by atoms with Crippen molar-refractivity contribution in [2.75, 3.05) is 24.9 Å². The Kier molecular flexibility index (Phi) is 10.4. The van der Waals surface area contributed by atoms with Crippen molar-refractivity contribution in [2.45, 2.75) is 50.7 Å². The van der Waals surface area contributed by atoms with E-state index in [-0.39, 0.29) is 24.9 Å². The van der Waals surface area contributed by atoms with Crippen LogP contribution < -0.4 is 9.62 Å². The van der Waals surface area contributed by atoms with E-state index in [0.717, 1.165) is 45.4 Å². The molecule has 0 bridgehead atoms. The third-order valence-corrected chi connectivity index (χ3v) is 9.33. The summed E-state index contributed by atoms with van der Waals surface area (Å²) in [6.07, 6.45) is 4.17. The number of para-hydroxylation sites is 1. The third kappa shape index (κ3) is 8.09. The van der Waals surface area contributed by atoms with Crippen molar-refractivity contribution in [2.24, 2.45) is 0 Å². The van der Waals surface area contributed by atoms with Crippen molar-refractivity contribution in [3.63, 3.8) is 0 Å². The molecule has 3 aromatic carbocycles. The number of nitrogens with zero attached hydrogens (tertiary/aromatic N) is 3. The van der Waals surface area contributed by atoms with Gasteiger partial charge in [-0.1, -0.05) is 85.1 Å². The van der Waals surface area contributed by atoms with E-state index in [9.17, 15) is 18.0 Å². The SMILES string of the molecule is CN(C)S(=O)(=O)N(CC(=O)N(Cc1cccc(Cl)c1)C(Cc1ccccc1)C(=O)NC1CCCC1)c1ccccc1. The highest BCUT2D eigenvalue weighted by Gasteiger charge is 2.35.